The van der Waals surface area contributed by atoms with Crippen LogP contribution >= 0.6 is 0 Å². The first kappa shape index (κ1) is 22.9. The highest BCUT2D eigenvalue weighted by molar-refractivity contribution is 6.32. The van der Waals surface area contributed by atoms with Crippen molar-refractivity contribution in [1.29, 1.82) is 0 Å². The SMILES string of the molecule is CCOc1ccc(N2C(=O)NC(=O)[C@H](C=NC[C@@]3(C)C[C@@H](O)CC(C)(C)C3)C2=O)cc1. The van der Waals surface area contributed by atoms with Crippen LogP contribution in [0.1, 0.15) is 47.0 Å². The third-order valence-corrected chi connectivity index (χ3v) is 5.76. The Labute approximate surface area is 182 Å². The van der Waals surface area contributed by atoms with Gasteiger partial charge in [0.2, 0.25) is 5.91 Å². The molecular formula is C23H31N3O5. The second-order valence-corrected chi connectivity index (χ2v) is 9.58. The van der Waals surface area contributed by atoms with Crippen LogP contribution in [0.2, 0.25) is 0 Å². The van der Waals surface area contributed by atoms with Crippen molar-refractivity contribution in [3.8, 4) is 5.75 Å². The highest BCUT2D eigenvalue weighted by atomic mass is 16.5. The number of aliphatic imine (C=N–C) groups is 1. The average molecular weight is 430 g/mol. The van der Waals surface area contributed by atoms with Crippen LogP contribution in [0.5, 0.6) is 5.75 Å². The van der Waals surface area contributed by atoms with Crippen molar-refractivity contribution in [3.05, 3.63) is 24.3 Å². The number of amides is 4. The Morgan fingerprint density at radius 3 is 2.48 bits per heavy atom. The fourth-order valence-corrected chi connectivity index (χ4v) is 4.90. The van der Waals surface area contributed by atoms with E-state index in [4.69, 9.17) is 4.74 Å². The van der Waals surface area contributed by atoms with Gasteiger partial charge in [0, 0.05) is 12.8 Å². The lowest BCUT2D eigenvalue weighted by atomic mass is 9.63. The van der Waals surface area contributed by atoms with Gasteiger partial charge in [-0.1, -0.05) is 20.8 Å². The van der Waals surface area contributed by atoms with E-state index in [2.05, 4.69) is 31.1 Å². The van der Waals surface area contributed by atoms with Gasteiger partial charge in [-0.3, -0.25) is 19.9 Å². The van der Waals surface area contributed by atoms with Gasteiger partial charge in [0.15, 0.2) is 5.92 Å². The lowest BCUT2D eigenvalue weighted by Crippen LogP contribution is -2.58. The summed E-state index contributed by atoms with van der Waals surface area (Å²) >= 11 is 0. The fourth-order valence-electron chi connectivity index (χ4n) is 4.90. The molecule has 0 aromatic heterocycles. The van der Waals surface area contributed by atoms with E-state index in [0.29, 0.717) is 31.0 Å². The van der Waals surface area contributed by atoms with Crippen LogP contribution in [0, 0.1) is 16.7 Å². The molecule has 0 radical (unpaired) electrons. The third kappa shape index (κ3) is 5.31. The van der Waals surface area contributed by atoms with E-state index < -0.39 is 29.9 Å². The van der Waals surface area contributed by atoms with Crippen LogP contribution < -0.4 is 15.0 Å². The summed E-state index contributed by atoms with van der Waals surface area (Å²) in [7, 11) is 0. The summed E-state index contributed by atoms with van der Waals surface area (Å²) in [5, 5.41) is 12.5. The van der Waals surface area contributed by atoms with Gasteiger partial charge < -0.3 is 9.84 Å². The molecule has 2 N–H and O–H groups in total. The predicted molar refractivity (Wildman–Crippen MR) is 117 cm³/mol. The van der Waals surface area contributed by atoms with Gasteiger partial charge in [-0.25, -0.2) is 9.69 Å². The number of aliphatic hydroxyl groups is 1. The minimum atomic E-state index is -1.19. The molecule has 0 unspecified atom stereocenters. The van der Waals surface area contributed by atoms with Gasteiger partial charge in [0.1, 0.15) is 5.75 Å². The number of nitrogens with zero attached hydrogens (tertiary/aromatic N) is 2. The molecule has 1 heterocycles. The summed E-state index contributed by atoms with van der Waals surface area (Å²) in [5.74, 6) is -1.89. The molecule has 31 heavy (non-hydrogen) atoms. The van der Waals surface area contributed by atoms with Crippen LogP contribution in [-0.2, 0) is 9.59 Å². The number of rotatable bonds is 6. The molecule has 8 nitrogen and oxygen atoms in total. The van der Waals surface area contributed by atoms with Crippen LogP contribution in [0.3, 0.4) is 0 Å². The molecule has 0 spiro atoms. The van der Waals surface area contributed by atoms with E-state index in [1.54, 1.807) is 24.3 Å². The van der Waals surface area contributed by atoms with Crippen LogP contribution in [0.4, 0.5) is 10.5 Å². The topological polar surface area (TPSA) is 108 Å². The molecule has 1 aromatic carbocycles. The van der Waals surface area contributed by atoms with E-state index in [9.17, 15) is 19.5 Å². The molecular weight excluding hydrogens is 398 g/mol. The minimum Gasteiger partial charge on any atom is -0.494 e. The number of nitrogens with one attached hydrogen (secondary N) is 1. The maximum absolute atomic E-state index is 13.0. The van der Waals surface area contributed by atoms with Crippen LogP contribution in [0.15, 0.2) is 29.3 Å². The molecule has 8 heteroatoms. The summed E-state index contributed by atoms with van der Waals surface area (Å²) in [6, 6.07) is 5.73. The van der Waals surface area contributed by atoms with Crippen LogP contribution in [0.25, 0.3) is 0 Å². The molecule has 1 aliphatic carbocycles. The number of hydrogen-bond acceptors (Lipinski definition) is 6. The minimum absolute atomic E-state index is 0.00313. The quantitative estimate of drug-likeness (QED) is 0.534. The van der Waals surface area contributed by atoms with Crippen molar-refractivity contribution < 1.29 is 24.2 Å². The number of ether oxygens (including phenoxy) is 1. The summed E-state index contributed by atoms with van der Waals surface area (Å²) in [5.41, 5.74) is 0.119. The Hall–Kier alpha value is -2.74. The van der Waals surface area contributed by atoms with Crippen molar-refractivity contribution in [3.63, 3.8) is 0 Å². The van der Waals surface area contributed by atoms with E-state index in [1.165, 1.54) is 6.21 Å². The monoisotopic (exact) mass is 429 g/mol. The zero-order valence-corrected chi connectivity index (χ0v) is 18.6. The molecule has 3 atom stereocenters. The summed E-state index contributed by atoms with van der Waals surface area (Å²) in [4.78, 5) is 42.9. The number of carbonyl (C=O) groups excluding carboxylic acids is 3. The summed E-state index contributed by atoms with van der Waals surface area (Å²) < 4.78 is 5.39. The number of imide groups is 2. The second-order valence-electron chi connectivity index (χ2n) is 9.58. The fraction of sp³-hybridized carbons (Fsp3) is 0.565. The number of aliphatic hydroxyl groups excluding tert-OH is 1. The number of hydrogen-bond donors (Lipinski definition) is 2. The van der Waals surface area contributed by atoms with Crippen molar-refractivity contribution in [1.82, 2.24) is 5.32 Å². The first-order valence-corrected chi connectivity index (χ1v) is 10.6. The molecule has 3 rings (SSSR count). The molecule has 1 saturated carbocycles. The van der Waals surface area contributed by atoms with Gasteiger partial charge in [-0.05, 0) is 61.3 Å². The number of benzene rings is 1. The number of anilines is 1. The first-order valence-electron chi connectivity index (χ1n) is 10.6. The van der Waals surface area contributed by atoms with Gasteiger partial charge >= 0.3 is 6.03 Å². The Morgan fingerprint density at radius 2 is 1.87 bits per heavy atom. The molecule has 168 valence electrons. The van der Waals surface area contributed by atoms with Gasteiger partial charge in [-0.2, -0.15) is 0 Å². The molecule has 2 aliphatic rings. The Bertz CT molecular complexity index is 880. The molecule has 2 fully saturated rings. The predicted octanol–water partition coefficient (Wildman–Crippen LogP) is 2.93. The van der Waals surface area contributed by atoms with Gasteiger partial charge in [-0.15, -0.1) is 0 Å². The lowest BCUT2D eigenvalue weighted by molar-refractivity contribution is -0.131. The zero-order valence-electron chi connectivity index (χ0n) is 18.6. The largest absolute Gasteiger partial charge is 0.494 e. The standard InChI is InChI=1S/C23H31N3O5/c1-5-31-17-8-6-15(7-9-17)26-20(29)18(19(28)25-21(26)30)12-24-14-23(4)11-16(27)10-22(2,3)13-23/h6-9,12,16,18,27H,5,10-11,13-14H2,1-4H3,(H,25,28,30)/t16-,18-,23-/m0/s1. The highest BCUT2D eigenvalue weighted by Crippen LogP contribution is 2.46. The van der Waals surface area contributed by atoms with E-state index in [1.807, 2.05) is 6.92 Å². The highest BCUT2D eigenvalue weighted by Gasteiger charge is 2.42. The van der Waals surface area contributed by atoms with E-state index in [0.717, 1.165) is 17.7 Å². The first-order chi connectivity index (χ1) is 14.5. The van der Waals surface area contributed by atoms with E-state index in [-0.39, 0.29) is 10.8 Å². The number of urea groups is 1. The zero-order chi connectivity index (χ0) is 22.8. The van der Waals surface area contributed by atoms with Crippen molar-refractivity contribution in [2.24, 2.45) is 21.7 Å². The summed E-state index contributed by atoms with van der Waals surface area (Å²) in [6.07, 6.45) is 3.18. The molecule has 1 saturated heterocycles. The number of carbonyl (C=O) groups is 3. The van der Waals surface area contributed by atoms with Gasteiger partial charge in [0.25, 0.3) is 5.91 Å². The lowest BCUT2D eigenvalue weighted by Gasteiger charge is -2.44. The molecule has 4 amide bonds. The van der Waals surface area contributed by atoms with Crippen LogP contribution in [-0.4, -0.2) is 48.4 Å². The maximum Gasteiger partial charge on any atom is 0.335 e. The average Bonchev–Trinajstić information content (AvgIpc) is 2.64. The molecule has 0 bridgehead atoms. The maximum atomic E-state index is 13.0. The smallest absolute Gasteiger partial charge is 0.335 e. The number of barbiturate groups is 1. The third-order valence-electron chi connectivity index (χ3n) is 5.76. The Kier molecular flexibility index (Phi) is 6.50. The van der Waals surface area contributed by atoms with E-state index >= 15 is 0 Å². The molecule has 1 aromatic rings. The Morgan fingerprint density at radius 1 is 1.19 bits per heavy atom. The van der Waals surface area contributed by atoms with Crippen molar-refractivity contribution in [2.45, 2.75) is 53.1 Å². The second kappa shape index (κ2) is 8.78. The summed E-state index contributed by atoms with van der Waals surface area (Å²) in [6.45, 7) is 9.06. The van der Waals surface area contributed by atoms with Crippen molar-refractivity contribution in [2.75, 3.05) is 18.1 Å². The normalized spacial score (nSPS) is 28.7. The Balaban J connectivity index is 1.74. The van der Waals surface area contributed by atoms with Gasteiger partial charge in [0.05, 0.1) is 18.4 Å². The van der Waals surface area contributed by atoms with Crippen molar-refractivity contribution >= 4 is 29.7 Å². The molecule has 1 aliphatic heterocycles.